The van der Waals surface area contributed by atoms with E-state index in [9.17, 15) is 0 Å². The first kappa shape index (κ1) is 11.2. The van der Waals surface area contributed by atoms with Gasteiger partial charge in [0.25, 0.3) is 5.95 Å². The van der Waals surface area contributed by atoms with E-state index in [0.29, 0.717) is 17.4 Å². The second-order valence-electron chi connectivity index (χ2n) is 3.77. The predicted octanol–water partition coefficient (Wildman–Crippen LogP) is 0.439. The van der Waals surface area contributed by atoms with E-state index in [1.807, 2.05) is 6.07 Å². The Morgan fingerprint density at radius 3 is 2.89 bits per heavy atom. The van der Waals surface area contributed by atoms with Gasteiger partial charge in [0, 0.05) is 12.4 Å². The lowest BCUT2D eigenvalue weighted by atomic mass is 10.2. The summed E-state index contributed by atoms with van der Waals surface area (Å²) in [5.41, 5.74) is 7.12. The number of rotatable bonds is 3. The van der Waals surface area contributed by atoms with Crippen LogP contribution in [0.2, 0.25) is 0 Å². The second kappa shape index (κ2) is 4.41. The average molecular weight is 257 g/mol. The Kier molecular flexibility index (Phi) is 2.60. The van der Waals surface area contributed by atoms with Gasteiger partial charge in [0.05, 0.1) is 18.5 Å². The van der Waals surface area contributed by atoms with Crippen molar-refractivity contribution in [2.45, 2.75) is 0 Å². The largest absolute Gasteiger partial charge is 0.495 e. The fourth-order valence-corrected chi connectivity index (χ4v) is 1.73. The van der Waals surface area contributed by atoms with Crippen LogP contribution >= 0.6 is 0 Å². The summed E-state index contributed by atoms with van der Waals surface area (Å²) in [4.78, 5) is 0. The van der Waals surface area contributed by atoms with E-state index >= 15 is 0 Å². The molecule has 0 radical (unpaired) electrons. The van der Waals surface area contributed by atoms with Crippen LogP contribution < -0.4 is 10.5 Å². The van der Waals surface area contributed by atoms with Crippen molar-refractivity contribution in [2.24, 2.45) is 0 Å². The molecule has 96 valence electrons. The van der Waals surface area contributed by atoms with Gasteiger partial charge in [0.15, 0.2) is 0 Å². The van der Waals surface area contributed by atoms with E-state index in [0.717, 1.165) is 5.69 Å². The topological polar surface area (TPSA) is 96.7 Å². The van der Waals surface area contributed by atoms with Gasteiger partial charge in [-0.2, -0.15) is 9.78 Å². The van der Waals surface area contributed by atoms with Crippen LogP contribution in [0.25, 0.3) is 11.6 Å². The Balaban J connectivity index is 2.08. The maximum Gasteiger partial charge on any atom is 0.275 e. The molecule has 0 bridgehead atoms. The van der Waals surface area contributed by atoms with Gasteiger partial charge in [-0.05, 0) is 34.7 Å². The molecule has 0 saturated carbocycles. The zero-order chi connectivity index (χ0) is 13.2. The van der Waals surface area contributed by atoms with Crippen LogP contribution in [-0.4, -0.2) is 37.1 Å². The maximum absolute atomic E-state index is 5.88. The number of ether oxygens (including phenoxy) is 1. The van der Waals surface area contributed by atoms with Crippen LogP contribution in [0.5, 0.6) is 5.75 Å². The van der Waals surface area contributed by atoms with Gasteiger partial charge in [-0.1, -0.05) is 5.10 Å². The van der Waals surface area contributed by atoms with Crippen LogP contribution in [-0.2, 0) is 0 Å². The van der Waals surface area contributed by atoms with E-state index in [4.69, 9.17) is 10.5 Å². The molecule has 0 saturated heterocycles. The Bertz CT molecular complexity index is 689. The molecule has 3 aromatic rings. The first-order chi connectivity index (χ1) is 9.29. The molecule has 8 nitrogen and oxygen atoms in total. The SMILES string of the molecule is COc1ccc(-n2nnnc2-n2cccn2)cc1N. The molecular formula is C11H11N7O. The number of aromatic nitrogens is 6. The highest BCUT2D eigenvalue weighted by Crippen LogP contribution is 2.24. The van der Waals surface area contributed by atoms with Gasteiger partial charge in [-0.15, -0.1) is 0 Å². The van der Waals surface area contributed by atoms with Crippen molar-refractivity contribution >= 4 is 5.69 Å². The Morgan fingerprint density at radius 1 is 1.32 bits per heavy atom. The highest BCUT2D eigenvalue weighted by Gasteiger charge is 2.11. The van der Waals surface area contributed by atoms with Crippen LogP contribution in [0.4, 0.5) is 5.69 Å². The average Bonchev–Trinajstić information content (AvgIpc) is 3.09. The van der Waals surface area contributed by atoms with Crippen LogP contribution in [0.1, 0.15) is 0 Å². The molecule has 2 heterocycles. The summed E-state index contributed by atoms with van der Waals surface area (Å²) in [5.74, 6) is 1.09. The number of hydrogen-bond donors (Lipinski definition) is 1. The molecule has 2 aromatic heterocycles. The minimum atomic E-state index is 0.481. The molecule has 0 fully saturated rings. The van der Waals surface area contributed by atoms with Crippen molar-refractivity contribution in [2.75, 3.05) is 12.8 Å². The van der Waals surface area contributed by atoms with Gasteiger partial charge in [-0.3, -0.25) is 0 Å². The van der Waals surface area contributed by atoms with E-state index in [1.54, 1.807) is 47.1 Å². The molecule has 0 aliphatic carbocycles. The van der Waals surface area contributed by atoms with Crippen molar-refractivity contribution in [1.29, 1.82) is 0 Å². The summed E-state index contributed by atoms with van der Waals surface area (Å²) in [6, 6.07) is 7.11. The number of anilines is 1. The molecule has 0 spiro atoms. The number of tetrazole rings is 1. The standard InChI is InChI=1S/C11H11N7O/c1-19-10-4-3-8(7-9(10)12)18-11(14-15-16-18)17-6-2-5-13-17/h2-7H,12H2,1H3. The smallest absolute Gasteiger partial charge is 0.275 e. The number of nitrogen functional groups attached to an aromatic ring is 1. The minimum Gasteiger partial charge on any atom is -0.495 e. The van der Waals surface area contributed by atoms with Crippen LogP contribution in [0.3, 0.4) is 0 Å². The van der Waals surface area contributed by atoms with Crippen LogP contribution in [0.15, 0.2) is 36.7 Å². The number of nitrogens with two attached hydrogens (primary N) is 1. The normalized spacial score (nSPS) is 10.6. The summed E-state index contributed by atoms with van der Waals surface area (Å²) >= 11 is 0. The molecule has 3 rings (SSSR count). The molecule has 19 heavy (non-hydrogen) atoms. The zero-order valence-corrected chi connectivity index (χ0v) is 10.1. The molecule has 2 N–H and O–H groups in total. The first-order valence-electron chi connectivity index (χ1n) is 5.52. The molecule has 0 aliphatic heterocycles. The fourth-order valence-electron chi connectivity index (χ4n) is 1.73. The number of hydrogen-bond acceptors (Lipinski definition) is 6. The molecular weight excluding hydrogens is 246 g/mol. The van der Waals surface area contributed by atoms with Gasteiger partial charge in [-0.25, -0.2) is 4.68 Å². The van der Waals surface area contributed by atoms with Gasteiger partial charge in [0.2, 0.25) is 0 Å². The molecule has 0 atom stereocenters. The molecule has 0 amide bonds. The highest BCUT2D eigenvalue weighted by atomic mass is 16.5. The summed E-state index contributed by atoms with van der Waals surface area (Å²) in [6.45, 7) is 0. The second-order valence-corrected chi connectivity index (χ2v) is 3.77. The van der Waals surface area contributed by atoms with Crippen LogP contribution in [0, 0.1) is 0 Å². The lowest BCUT2D eigenvalue weighted by Gasteiger charge is -2.08. The molecule has 1 aromatic carbocycles. The van der Waals surface area contributed by atoms with Crippen molar-refractivity contribution in [3.63, 3.8) is 0 Å². The van der Waals surface area contributed by atoms with E-state index < -0.39 is 0 Å². The quantitative estimate of drug-likeness (QED) is 0.684. The number of methoxy groups -OCH3 is 1. The fraction of sp³-hybridized carbons (Fsp3) is 0.0909. The highest BCUT2D eigenvalue weighted by molar-refractivity contribution is 5.58. The summed E-state index contributed by atoms with van der Waals surface area (Å²) < 4.78 is 8.23. The first-order valence-corrected chi connectivity index (χ1v) is 5.52. The molecule has 0 unspecified atom stereocenters. The van der Waals surface area contributed by atoms with Gasteiger partial charge >= 0.3 is 0 Å². The Hall–Kier alpha value is -2.90. The number of nitrogens with zero attached hydrogens (tertiary/aromatic N) is 6. The third-order valence-electron chi connectivity index (χ3n) is 2.62. The van der Waals surface area contributed by atoms with Crippen molar-refractivity contribution in [1.82, 2.24) is 30.0 Å². The molecule has 8 heteroatoms. The van der Waals surface area contributed by atoms with Gasteiger partial charge < -0.3 is 10.5 Å². The van der Waals surface area contributed by atoms with E-state index in [1.165, 1.54) is 0 Å². The van der Waals surface area contributed by atoms with Crippen molar-refractivity contribution in [3.05, 3.63) is 36.7 Å². The lowest BCUT2D eigenvalue weighted by Crippen LogP contribution is -2.07. The third kappa shape index (κ3) is 1.88. The predicted molar refractivity (Wildman–Crippen MR) is 67.2 cm³/mol. The minimum absolute atomic E-state index is 0.481. The van der Waals surface area contributed by atoms with Crippen molar-refractivity contribution in [3.8, 4) is 17.4 Å². The van der Waals surface area contributed by atoms with Crippen molar-refractivity contribution < 1.29 is 4.74 Å². The number of benzene rings is 1. The Labute approximate surface area is 108 Å². The molecule has 0 aliphatic rings. The Morgan fingerprint density at radius 2 is 2.21 bits per heavy atom. The monoisotopic (exact) mass is 257 g/mol. The summed E-state index contributed by atoms with van der Waals surface area (Å²) in [5, 5.41) is 15.6. The van der Waals surface area contributed by atoms with E-state index in [2.05, 4.69) is 20.6 Å². The van der Waals surface area contributed by atoms with Gasteiger partial charge in [0.1, 0.15) is 5.75 Å². The third-order valence-corrected chi connectivity index (χ3v) is 2.62. The summed E-state index contributed by atoms with van der Waals surface area (Å²) in [6.07, 6.45) is 3.41. The lowest BCUT2D eigenvalue weighted by molar-refractivity contribution is 0.417. The van der Waals surface area contributed by atoms with E-state index in [-0.39, 0.29) is 0 Å². The maximum atomic E-state index is 5.88. The zero-order valence-electron chi connectivity index (χ0n) is 10.1. The summed E-state index contributed by atoms with van der Waals surface area (Å²) in [7, 11) is 1.57.